The summed E-state index contributed by atoms with van der Waals surface area (Å²) in [5.41, 5.74) is 1.45. The first-order valence-corrected chi connectivity index (χ1v) is 12.5. The molecule has 0 radical (unpaired) electrons. The number of anilines is 1. The lowest BCUT2D eigenvalue weighted by molar-refractivity contribution is -0.150. The third-order valence-corrected chi connectivity index (χ3v) is 8.31. The summed E-state index contributed by atoms with van der Waals surface area (Å²) < 4.78 is 4.50. The number of nitrogens with one attached hydrogen (secondary N) is 2. The molecule has 2 aliphatic heterocycles. The van der Waals surface area contributed by atoms with E-state index in [4.69, 9.17) is 0 Å². The minimum Gasteiger partial charge on any atom is -0.477 e. The molecule has 14 nitrogen and oxygen atoms in total. The van der Waals surface area contributed by atoms with Gasteiger partial charge in [-0.25, -0.2) is 4.79 Å². The van der Waals surface area contributed by atoms with Crippen LogP contribution in [0.15, 0.2) is 26.3 Å². The highest BCUT2D eigenvalue weighted by Gasteiger charge is 2.54. The maximum atomic E-state index is 12.8. The van der Waals surface area contributed by atoms with Gasteiger partial charge in [0.1, 0.15) is 22.6 Å². The molecule has 2 aliphatic rings. The van der Waals surface area contributed by atoms with E-state index < -0.39 is 34.9 Å². The standard InChI is InChI=1S/C15H12N8O6S4/c24-3-16-14-19-9(22-33-14)6(21-29)10(25)18-7-11(26)23-8(13(27)28)5(1-30-12(7)23)2-31-15-20-17-4-32-15/h3-4,7,12,29H,1-2H2,(H,18,25)(H,27,28)(H,16,19,22,24)/t7?,12-/m0/s1. The molecule has 4 rings (SSSR count). The molecule has 2 aromatic rings. The van der Waals surface area contributed by atoms with Gasteiger partial charge in [0, 0.05) is 23.0 Å². The van der Waals surface area contributed by atoms with Gasteiger partial charge in [-0.1, -0.05) is 28.3 Å². The molecular formula is C15H12N8O6S4. The van der Waals surface area contributed by atoms with Gasteiger partial charge in [0.2, 0.25) is 23.1 Å². The van der Waals surface area contributed by atoms with E-state index in [-0.39, 0.29) is 16.7 Å². The van der Waals surface area contributed by atoms with Crippen molar-refractivity contribution in [3.05, 3.63) is 22.6 Å². The molecule has 33 heavy (non-hydrogen) atoms. The summed E-state index contributed by atoms with van der Waals surface area (Å²) in [6, 6.07) is -1.03. The number of hydrogen-bond acceptors (Lipinski definition) is 14. The Morgan fingerprint density at radius 3 is 2.91 bits per heavy atom. The first-order valence-electron chi connectivity index (χ1n) is 8.80. The Kier molecular flexibility index (Phi) is 6.86. The number of carbonyl (C=O) groups is 4. The first kappa shape index (κ1) is 23.1. The molecule has 4 heterocycles. The summed E-state index contributed by atoms with van der Waals surface area (Å²) in [7, 11) is 0. The largest absolute Gasteiger partial charge is 0.477 e. The van der Waals surface area contributed by atoms with Gasteiger partial charge in [-0.15, -0.1) is 22.0 Å². The zero-order valence-electron chi connectivity index (χ0n) is 16.1. The number of oxime groups is 1. The Bertz CT molecular complexity index is 1170. The third-order valence-electron chi connectivity index (χ3n) is 4.38. The van der Waals surface area contributed by atoms with E-state index in [1.807, 2.05) is 0 Å². The molecule has 2 aromatic heterocycles. The number of hydrogen-bond donors (Lipinski definition) is 4. The van der Waals surface area contributed by atoms with Crippen LogP contribution in [0.3, 0.4) is 0 Å². The van der Waals surface area contributed by atoms with E-state index in [0.29, 0.717) is 27.8 Å². The van der Waals surface area contributed by atoms with Crippen molar-refractivity contribution < 1.29 is 29.5 Å². The Morgan fingerprint density at radius 2 is 2.24 bits per heavy atom. The highest BCUT2D eigenvalue weighted by atomic mass is 32.2. The average Bonchev–Trinajstić information content (AvgIpc) is 3.48. The molecule has 172 valence electrons. The summed E-state index contributed by atoms with van der Waals surface area (Å²) in [4.78, 5) is 52.7. The SMILES string of the molecule is O=CNc1nc(C(=NO)C(=O)NC2C(=O)N3C(C(=O)O)=C(CSc4nncs4)CS[C@@H]23)ns1. The van der Waals surface area contributed by atoms with Crippen molar-refractivity contribution in [2.24, 2.45) is 5.16 Å². The van der Waals surface area contributed by atoms with Crippen molar-refractivity contribution in [3.63, 3.8) is 0 Å². The lowest BCUT2D eigenvalue weighted by atomic mass is 10.0. The van der Waals surface area contributed by atoms with Crippen LogP contribution in [0.1, 0.15) is 5.82 Å². The van der Waals surface area contributed by atoms with Gasteiger partial charge in [0.15, 0.2) is 4.34 Å². The summed E-state index contributed by atoms with van der Waals surface area (Å²) in [6.45, 7) is 0. The number of carboxylic acid groups (broad SMARTS) is 1. The molecule has 0 aliphatic carbocycles. The lowest BCUT2D eigenvalue weighted by Gasteiger charge is -2.49. The lowest BCUT2D eigenvalue weighted by Crippen LogP contribution is -2.71. The van der Waals surface area contributed by atoms with Crippen LogP contribution in [0.25, 0.3) is 0 Å². The number of carbonyl (C=O) groups excluding carboxylic acids is 3. The van der Waals surface area contributed by atoms with Gasteiger partial charge in [0.25, 0.3) is 11.8 Å². The van der Waals surface area contributed by atoms with Gasteiger partial charge < -0.3 is 20.9 Å². The van der Waals surface area contributed by atoms with E-state index in [2.05, 4.69) is 35.3 Å². The van der Waals surface area contributed by atoms with E-state index in [1.54, 1.807) is 5.51 Å². The normalized spacial score (nSPS) is 20.2. The predicted octanol–water partition coefficient (Wildman–Crippen LogP) is -0.333. The zero-order valence-corrected chi connectivity index (χ0v) is 19.3. The maximum absolute atomic E-state index is 12.8. The number of rotatable bonds is 9. The number of carboxylic acids is 1. The average molecular weight is 529 g/mol. The maximum Gasteiger partial charge on any atom is 0.352 e. The van der Waals surface area contributed by atoms with Gasteiger partial charge in [-0.05, 0) is 5.57 Å². The molecule has 0 spiro atoms. The number of amides is 3. The molecule has 0 bridgehead atoms. The van der Waals surface area contributed by atoms with E-state index >= 15 is 0 Å². The van der Waals surface area contributed by atoms with Crippen molar-refractivity contribution in [2.45, 2.75) is 15.8 Å². The van der Waals surface area contributed by atoms with E-state index in [9.17, 15) is 29.5 Å². The molecule has 0 aromatic carbocycles. The fourth-order valence-corrected chi connectivity index (χ4v) is 6.50. The molecule has 4 N–H and O–H groups in total. The summed E-state index contributed by atoms with van der Waals surface area (Å²) in [6.07, 6.45) is 0.371. The third kappa shape index (κ3) is 4.54. The van der Waals surface area contributed by atoms with Crippen LogP contribution in [0, 0.1) is 0 Å². The molecule has 0 saturated carbocycles. The van der Waals surface area contributed by atoms with Crippen molar-refractivity contribution in [1.82, 2.24) is 29.8 Å². The zero-order chi connectivity index (χ0) is 23.5. The summed E-state index contributed by atoms with van der Waals surface area (Å²) >= 11 is 4.72. The fraction of sp³-hybridized carbons (Fsp3) is 0.267. The van der Waals surface area contributed by atoms with Crippen LogP contribution in [-0.4, -0.2) is 87.6 Å². The first-order chi connectivity index (χ1) is 15.9. The Morgan fingerprint density at radius 1 is 1.42 bits per heavy atom. The van der Waals surface area contributed by atoms with Gasteiger partial charge in [-0.2, -0.15) is 9.36 Å². The quantitative estimate of drug-likeness (QED) is 0.0826. The van der Waals surface area contributed by atoms with Crippen LogP contribution in [0.4, 0.5) is 5.13 Å². The second-order valence-electron chi connectivity index (χ2n) is 6.25. The topological polar surface area (TPSA) is 200 Å². The minimum atomic E-state index is -1.24. The van der Waals surface area contributed by atoms with Crippen LogP contribution in [0.5, 0.6) is 0 Å². The number of thioether (sulfide) groups is 2. The van der Waals surface area contributed by atoms with E-state index in [0.717, 1.165) is 16.4 Å². The van der Waals surface area contributed by atoms with Crippen molar-refractivity contribution >= 4 is 81.4 Å². The highest BCUT2D eigenvalue weighted by Crippen LogP contribution is 2.41. The predicted molar refractivity (Wildman–Crippen MR) is 118 cm³/mol. The highest BCUT2D eigenvalue weighted by molar-refractivity contribution is 8.01. The second-order valence-corrected chi connectivity index (χ2v) is 10.2. The number of nitrogens with zero attached hydrogens (tertiary/aromatic N) is 6. The monoisotopic (exact) mass is 528 g/mol. The van der Waals surface area contributed by atoms with Crippen LogP contribution in [0.2, 0.25) is 0 Å². The Balaban J connectivity index is 1.46. The van der Waals surface area contributed by atoms with Crippen molar-refractivity contribution in [1.29, 1.82) is 0 Å². The summed E-state index contributed by atoms with van der Waals surface area (Å²) in [5, 5.41) is 33.6. The van der Waals surface area contributed by atoms with Gasteiger partial charge in [-0.3, -0.25) is 19.3 Å². The number of aromatic nitrogens is 4. The summed E-state index contributed by atoms with van der Waals surface area (Å²) in [5.74, 6) is -2.36. The molecule has 1 saturated heterocycles. The van der Waals surface area contributed by atoms with Crippen LogP contribution >= 0.6 is 46.4 Å². The number of aliphatic carboxylic acids is 1. The number of β-lactam (4-membered cyclic amide) rings is 1. The Labute approximate surface area is 200 Å². The molecule has 18 heteroatoms. The van der Waals surface area contributed by atoms with Crippen LogP contribution < -0.4 is 10.6 Å². The van der Waals surface area contributed by atoms with Crippen LogP contribution in [-0.2, 0) is 19.2 Å². The molecule has 1 fully saturated rings. The number of fused-ring (bicyclic) bond motifs is 1. The van der Waals surface area contributed by atoms with Gasteiger partial charge in [0.05, 0.1) is 0 Å². The Hall–Kier alpha value is -3.09. The minimum absolute atomic E-state index is 0.0813. The molecular weight excluding hydrogens is 516 g/mol. The fourth-order valence-electron chi connectivity index (χ4n) is 3.00. The van der Waals surface area contributed by atoms with Crippen molar-refractivity contribution in [3.8, 4) is 0 Å². The second kappa shape index (κ2) is 9.81. The van der Waals surface area contributed by atoms with E-state index in [1.165, 1.54) is 34.9 Å². The smallest absolute Gasteiger partial charge is 0.352 e. The van der Waals surface area contributed by atoms with Gasteiger partial charge >= 0.3 is 5.97 Å². The molecule has 2 atom stereocenters. The molecule has 1 unspecified atom stereocenters. The van der Waals surface area contributed by atoms with Crippen molar-refractivity contribution in [2.75, 3.05) is 16.8 Å². The molecule has 3 amide bonds.